The number of hydrogen-bond donors (Lipinski definition) is 2. The molecular weight excluding hydrogens is 350 g/mol. The summed E-state index contributed by atoms with van der Waals surface area (Å²) in [7, 11) is 1.59. The predicted molar refractivity (Wildman–Crippen MR) is 106 cm³/mol. The van der Waals surface area contributed by atoms with Crippen molar-refractivity contribution in [3.63, 3.8) is 0 Å². The van der Waals surface area contributed by atoms with Gasteiger partial charge in [0.15, 0.2) is 0 Å². The first-order valence-electron chi connectivity index (χ1n) is 8.81. The highest BCUT2D eigenvalue weighted by Crippen LogP contribution is 2.16. The minimum Gasteiger partial charge on any atom is -0.355 e. The predicted octanol–water partition coefficient (Wildman–Crippen LogP) is 3.54. The van der Waals surface area contributed by atoms with E-state index in [4.69, 9.17) is 11.6 Å². The van der Waals surface area contributed by atoms with Crippen LogP contribution >= 0.6 is 11.6 Å². The average molecular weight is 376 g/mol. The third kappa shape index (κ3) is 6.52. The van der Waals surface area contributed by atoms with Crippen molar-refractivity contribution in [1.29, 1.82) is 0 Å². The molecule has 1 aromatic heterocycles. The van der Waals surface area contributed by atoms with E-state index in [9.17, 15) is 4.79 Å². The Hall–Kier alpha value is -2.34. The summed E-state index contributed by atoms with van der Waals surface area (Å²) in [5.74, 6) is 1.03. The number of carbonyl (C=O) groups is 1. The number of hydrogen-bond acceptors (Lipinski definition) is 4. The molecular formula is C19H26ClN5O. The van der Waals surface area contributed by atoms with Gasteiger partial charge in [0.25, 0.3) is 0 Å². The summed E-state index contributed by atoms with van der Waals surface area (Å²) in [5, 5.41) is 5.93. The lowest BCUT2D eigenvalue weighted by molar-refractivity contribution is 0.242. The van der Waals surface area contributed by atoms with Crippen molar-refractivity contribution in [2.75, 3.05) is 25.0 Å². The molecule has 0 saturated carbocycles. The van der Waals surface area contributed by atoms with Gasteiger partial charge in [-0.2, -0.15) is 0 Å². The molecule has 2 N–H and O–H groups in total. The number of halogens is 1. The molecule has 1 saturated heterocycles. The fourth-order valence-electron chi connectivity index (χ4n) is 2.67. The van der Waals surface area contributed by atoms with Crippen molar-refractivity contribution >= 4 is 23.4 Å². The maximum Gasteiger partial charge on any atom is 0.314 e. The van der Waals surface area contributed by atoms with Crippen molar-refractivity contribution in [2.45, 2.75) is 32.7 Å². The highest BCUT2D eigenvalue weighted by atomic mass is 35.5. The van der Waals surface area contributed by atoms with Crippen molar-refractivity contribution < 1.29 is 4.79 Å². The number of carbonyl (C=O) groups excluding carboxylic acids is 1. The minimum absolute atomic E-state index is 0.183. The van der Waals surface area contributed by atoms with Crippen LogP contribution in [0.5, 0.6) is 0 Å². The van der Waals surface area contributed by atoms with Gasteiger partial charge in [0.05, 0.1) is 6.20 Å². The maximum atomic E-state index is 10.9. The third-order valence-electron chi connectivity index (χ3n) is 4.13. The van der Waals surface area contributed by atoms with E-state index in [2.05, 4.69) is 25.5 Å². The van der Waals surface area contributed by atoms with Gasteiger partial charge in [-0.15, -0.1) is 0 Å². The van der Waals surface area contributed by atoms with Crippen LogP contribution in [0.1, 0.15) is 30.4 Å². The Balaban J connectivity index is 0.000000189. The molecule has 140 valence electrons. The van der Waals surface area contributed by atoms with Gasteiger partial charge in [0.1, 0.15) is 5.82 Å². The number of anilines is 1. The summed E-state index contributed by atoms with van der Waals surface area (Å²) in [6.07, 6.45) is 9.24. The molecule has 7 heteroatoms. The molecule has 1 aliphatic heterocycles. The van der Waals surface area contributed by atoms with Crippen LogP contribution in [0.4, 0.5) is 10.6 Å². The number of rotatable bonds is 3. The Morgan fingerprint density at radius 2 is 2.00 bits per heavy atom. The number of amides is 2. The Bertz CT molecular complexity index is 690. The molecule has 1 aliphatic rings. The first-order valence-corrected chi connectivity index (χ1v) is 9.19. The molecule has 1 fully saturated rings. The fraction of sp³-hybridized carbons (Fsp3) is 0.421. The molecule has 0 unspecified atom stereocenters. The summed E-state index contributed by atoms with van der Waals surface area (Å²) in [5.41, 5.74) is 2.05. The number of piperidine rings is 1. The van der Waals surface area contributed by atoms with Crippen molar-refractivity contribution in [2.24, 2.45) is 0 Å². The summed E-state index contributed by atoms with van der Waals surface area (Å²) in [6.45, 7) is 4.72. The third-order valence-corrected chi connectivity index (χ3v) is 4.56. The molecule has 6 nitrogen and oxygen atoms in total. The van der Waals surface area contributed by atoms with E-state index < -0.39 is 0 Å². The van der Waals surface area contributed by atoms with E-state index in [-0.39, 0.29) is 6.03 Å². The summed E-state index contributed by atoms with van der Waals surface area (Å²) >= 11 is 5.87. The average Bonchev–Trinajstić information content (AvgIpc) is 2.70. The first kappa shape index (κ1) is 20.0. The molecule has 0 bridgehead atoms. The van der Waals surface area contributed by atoms with Gasteiger partial charge < -0.3 is 15.5 Å². The first-order chi connectivity index (χ1) is 12.6. The van der Waals surface area contributed by atoms with E-state index >= 15 is 0 Å². The van der Waals surface area contributed by atoms with Crippen LogP contribution in [0, 0.1) is 6.92 Å². The number of benzene rings is 1. The SMILES string of the molecule is CNC(=O)NCc1ccc(Cl)c(C)c1.c1cnc(N2CCCCC2)cn1. The van der Waals surface area contributed by atoms with Crippen LogP contribution in [0.3, 0.4) is 0 Å². The number of aromatic nitrogens is 2. The lowest BCUT2D eigenvalue weighted by Gasteiger charge is -2.26. The van der Waals surface area contributed by atoms with Crippen LogP contribution in [0.2, 0.25) is 5.02 Å². The van der Waals surface area contributed by atoms with Crippen LogP contribution < -0.4 is 15.5 Å². The zero-order valence-corrected chi connectivity index (χ0v) is 16.1. The van der Waals surface area contributed by atoms with Gasteiger partial charge in [-0.1, -0.05) is 23.7 Å². The lowest BCUT2D eigenvalue weighted by atomic mass is 10.1. The van der Waals surface area contributed by atoms with Crippen molar-refractivity contribution in [1.82, 2.24) is 20.6 Å². The number of urea groups is 1. The quantitative estimate of drug-likeness (QED) is 0.860. The van der Waals surface area contributed by atoms with Crippen LogP contribution in [-0.4, -0.2) is 36.1 Å². The van der Waals surface area contributed by atoms with Crippen molar-refractivity contribution in [3.05, 3.63) is 52.9 Å². The summed E-state index contributed by atoms with van der Waals surface area (Å²) < 4.78 is 0. The Labute approximate surface area is 160 Å². The number of aryl methyl sites for hydroxylation is 1. The van der Waals surface area contributed by atoms with Crippen molar-refractivity contribution in [3.8, 4) is 0 Å². The fourth-order valence-corrected chi connectivity index (χ4v) is 2.78. The zero-order valence-electron chi connectivity index (χ0n) is 15.3. The summed E-state index contributed by atoms with van der Waals surface area (Å²) in [4.78, 5) is 21.5. The molecule has 0 spiro atoms. The topological polar surface area (TPSA) is 70.2 Å². The lowest BCUT2D eigenvalue weighted by Crippen LogP contribution is -2.32. The largest absolute Gasteiger partial charge is 0.355 e. The van der Waals surface area contributed by atoms with E-state index in [1.165, 1.54) is 19.3 Å². The molecule has 26 heavy (non-hydrogen) atoms. The van der Waals surface area contributed by atoms with E-state index in [1.807, 2.05) is 31.3 Å². The maximum absolute atomic E-state index is 10.9. The Morgan fingerprint density at radius 1 is 1.23 bits per heavy atom. The molecule has 3 rings (SSSR count). The van der Waals surface area contributed by atoms with Crippen LogP contribution in [-0.2, 0) is 6.54 Å². The van der Waals surface area contributed by atoms with Gasteiger partial charge in [-0.05, 0) is 43.4 Å². The molecule has 0 aliphatic carbocycles. The second kappa shape index (κ2) is 10.6. The highest BCUT2D eigenvalue weighted by Gasteiger charge is 2.10. The van der Waals surface area contributed by atoms with E-state index in [1.54, 1.807) is 19.4 Å². The molecule has 0 atom stereocenters. The minimum atomic E-state index is -0.183. The Kier molecular flexibility index (Phi) is 8.15. The van der Waals surface area contributed by atoms with E-state index in [0.717, 1.165) is 35.1 Å². The highest BCUT2D eigenvalue weighted by molar-refractivity contribution is 6.31. The standard InChI is InChI=1S/C10H13ClN2O.C9H13N3/c1-7-5-8(3-4-9(7)11)6-13-10(14)12-2;1-2-6-12(7-3-1)9-8-10-4-5-11-9/h3-5H,6H2,1-2H3,(H2,12,13,14);4-5,8H,1-3,6-7H2. The molecule has 2 aromatic rings. The normalized spacial score (nSPS) is 13.4. The van der Waals surface area contributed by atoms with E-state index in [0.29, 0.717) is 6.54 Å². The second-order valence-corrected chi connectivity index (χ2v) is 6.53. The van der Waals surface area contributed by atoms with Gasteiger partial charge in [-0.3, -0.25) is 4.98 Å². The molecule has 0 radical (unpaired) electrons. The second-order valence-electron chi connectivity index (χ2n) is 6.13. The van der Waals surface area contributed by atoms with Gasteiger partial charge in [-0.25, -0.2) is 9.78 Å². The monoisotopic (exact) mass is 375 g/mol. The zero-order chi connectivity index (χ0) is 18.8. The molecule has 2 heterocycles. The molecule has 1 aromatic carbocycles. The summed E-state index contributed by atoms with van der Waals surface area (Å²) in [6, 6.07) is 5.50. The van der Waals surface area contributed by atoms with Gasteiger partial charge >= 0.3 is 6.03 Å². The van der Waals surface area contributed by atoms with Crippen LogP contribution in [0.25, 0.3) is 0 Å². The number of nitrogens with zero attached hydrogens (tertiary/aromatic N) is 3. The Morgan fingerprint density at radius 3 is 2.62 bits per heavy atom. The van der Waals surface area contributed by atoms with Gasteiger partial charge in [0, 0.05) is 44.1 Å². The number of nitrogens with one attached hydrogen (secondary N) is 2. The van der Waals surface area contributed by atoms with Gasteiger partial charge in [0.2, 0.25) is 0 Å². The molecule has 2 amide bonds. The van der Waals surface area contributed by atoms with Crippen LogP contribution in [0.15, 0.2) is 36.8 Å². The smallest absolute Gasteiger partial charge is 0.314 e.